The molecule has 24 heavy (non-hydrogen) atoms. The molecule has 2 aromatic carbocycles. The van der Waals surface area contributed by atoms with E-state index in [1.807, 2.05) is 29.6 Å². The number of H-pyrrole nitrogens is 1. The van der Waals surface area contributed by atoms with Crippen molar-refractivity contribution in [3.05, 3.63) is 76.3 Å². The smallest absolute Gasteiger partial charge is 0.329 e. The Morgan fingerprint density at radius 1 is 1.12 bits per heavy atom. The minimum Gasteiger partial charge on any atom is -0.497 e. The zero-order chi connectivity index (χ0) is 17.1. The van der Waals surface area contributed by atoms with Crippen molar-refractivity contribution in [2.45, 2.75) is 12.3 Å². The van der Waals surface area contributed by atoms with Gasteiger partial charge in [-0.3, -0.25) is 5.73 Å². The fourth-order valence-corrected chi connectivity index (χ4v) is 3.30. The van der Waals surface area contributed by atoms with Crippen molar-refractivity contribution in [2.75, 3.05) is 12.8 Å². The van der Waals surface area contributed by atoms with Gasteiger partial charge >= 0.3 is 5.13 Å². The normalized spacial score (nSPS) is 12.1. The van der Waals surface area contributed by atoms with Crippen molar-refractivity contribution in [1.29, 1.82) is 0 Å². The van der Waals surface area contributed by atoms with E-state index in [1.165, 1.54) is 17.4 Å². The zero-order valence-electron chi connectivity index (χ0n) is 13.1. The summed E-state index contributed by atoms with van der Waals surface area (Å²) in [5, 5.41) is 2.55. The van der Waals surface area contributed by atoms with Gasteiger partial charge in [0.2, 0.25) is 0 Å². The van der Waals surface area contributed by atoms with Gasteiger partial charge in [0, 0.05) is 5.38 Å². The number of aromatic amines is 1. The van der Waals surface area contributed by atoms with Gasteiger partial charge in [0.15, 0.2) is 11.6 Å². The molecule has 1 aromatic heterocycles. The van der Waals surface area contributed by atoms with E-state index in [2.05, 4.69) is 4.98 Å². The van der Waals surface area contributed by atoms with E-state index in [0.29, 0.717) is 17.1 Å². The van der Waals surface area contributed by atoms with Gasteiger partial charge in [-0.1, -0.05) is 29.5 Å². The van der Waals surface area contributed by atoms with Crippen molar-refractivity contribution < 1.29 is 18.5 Å². The van der Waals surface area contributed by atoms with Gasteiger partial charge in [0.25, 0.3) is 0 Å². The Morgan fingerprint density at radius 3 is 2.46 bits per heavy atom. The second-order valence-corrected chi connectivity index (χ2v) is 6.37. The number of hydrogen-bond acceptors (Lipinski definition) is 3. The Kier molecular flexibility index (Phi) is 4.76. The predicted octanol–water partition coefficient (Wildman–Crippen LogP) is 3.81. The summed E-state index contributed by atoms with van der Waals surface area (Å²) in [4.78, 5) is 3.15. The van der Waals surface area contributed by atoms with Crippen LogP contribution in [0, 0.1) is 11.6 Å². The van der Waals surface area contributed by atoms with Crippen LogP contribution in [0.4, 0.5) is 13.9 Å². The highest BCUT2D eigenvalue weighted by atomic mass is 32.1. The molecule has 0 unspecified atom stereocenters. The zero-order valence-corrected chi connectivity index (χ0v) is 13.9. The van der Waals surface area contributed by atoms with E-state index in [4.69, 9.17) is 10.5 Å². The molecule has 6 heteroatoms. The summed E-state index contributed by atoms with van der Waals surface area (Å²) < 4.78 is 31.9. The number of thiazole rings is 1. The number of aromatic nitrogens is 1. The van der Waals surface area contributed by atoms with Crippen LogP contribution in [-0.2, 0) is 6.42 Å². The molecule has 3 rings (SSSR count). The second-order valence-electron chi connectivity index (χ2n) is 5.46. The molecule has 0 aliphatic rings. The van der Waals surface area contributed by atoms with Gasteiger partial charge in [-0.05, 0) is 41.8 Å². The summed E-state index contributed by atoms with van der Waals surface area (Å²) in [6.07, 6.45) is 0.524. The quantitative estimate of drug-likeness (QED) is 0.763. The summed E-state index contributed by atoms with van der Waals surface area (Å²) in [7, 11) is 1.61. The lowest BCUT2D eigenvalue weighted by atomic mass is 9.89. The number of anilines is 1. The highest BCUT2D eigenvalue weighted by Crippen LogP contribution is 2.29. The van der Waals surface area contributed by atoms with Crippen LogP contribution < -0.4 is 15.5 Å². The maximum Gasteiger partial charge on any atom is 0.329 e. The van der Waals surface area contributed by atoms with E-state index in [9.17, 15) is 8.78 Å². The van der Waals surface area contributed by atoms with Crippen LogP contribution in [0.3, 0.4) is 0 Å². The van der Waals surface area contributed by atoms with Crippen LogP contribution in [0.1, 0.15) is 22.7 Å². The predicted molar refractivity (Wildman–Crippen MR) is 90.2 cm³/mol. The number of ether oxygens (including phenoxy) is 1. The Bertz CT molecular complexity index is 833. The maximum absolute atomic E-state index is 13.5. The number of hydrogen-bond donors (Lipinski definition) is 1. The lowest BCUT2D eigenvalue weighted by Gasteiger charge is -2.15. The minimum atomic E-state index is -0.842. The number of nitrogen functional groups attached to an aromatic ring is 1. The number of nitrogens with two attached hydrogens (primary N) is 1. The van der Waals surface area contributed by atoms with Crippen LogP contribution in [0.2, 0.25) is 0 Å². The van der Waals surface area contributed by atoms with E-state index < -0.39 is 11.6 Å². The molecular formula is C18H17F2N2OS+. The van der Waals surface area contributed by atoms with Crippen molar-refractivity contribution in [2.24, 2.45) is 0 Å². The summed E-state index contributed by atoms with van der Waals surface area (Å²) in [6.45, 7) is 0. The lowest BCUT2D eigenvalue weighted by molar-refractivity contribution is -0.368. The first kappa shape index (κ1) is 16.4. The number of halogens is 2. The second kappa shape index (κ2) is 6.97. The van der Waals surface area contributed by atoms with Crippen LogP contribution in [0.15, 0.2) is 47.8 Å². The number of methoxy groups -OCH3 is 1. The standard InChI is InChI=1S/C18H16F2N2OS/c1-23-13-5-3-12(4-6-13)14(17-10-24-18(21)22-17)8-11-2-7-15(19)16(20)9-11/h2-7,9-10,14H,8H2,1H3,(H2,21,22)/p+1/t14-/m1/s1. The number of rotatable bonds is 5. The van der Waals surface area contributed by atoms with Crippen LogP contribution >= 0.6 is 11.3 Å². The Hall–Kier alpha value is -2.47. The molecular weight excluding hydrogens is 330 g/mol. The molecule has 0 spiro atoms. The summed E-state index contributed by atoms with van der Waals surface area (Å²) in [5.74, 6) is -0.964. The fraction of sp³-hybridized carbons (Fsp3) is 0.167. The molecule has 3 aromatic rings. The molecule has 0 radical (unpaired) electrons. The molecule has 0 bridgehead atoms. The lowest BCUT2D eigenvalue weighted by Crippen LogP contribution is -2.17. The molecule has 0 saturated heterocycles. The monoisotopic (exact) mass is 347 g/mol. The Labute approximate surface area is 142 Å². The summed E-state index contributed by atoms with van der Waals surface area (Å²) >= 11 is 1.41. The molecule has 3 N–H and O–H groups in total. The van der Waals surface area contributed by atoms with Gasteiger partial charge in [0.05, 0.1) is 13.0 Å². The maximum atomic E-state index is 13.5. The third-order valence-electron chi connectivity index (χ3n) is 3.90. The molecule has 0 aliphatic heterocycles. The topological polar surface area (TPSA) is 49.4 Å². The fourth-order valence-electron chi connectivity index (χ4n) is 2.64. The first-order valence-corrected chi connectivity index (χ1v) is 8.29. The van der Waals surface area contributed by atoms with E-state index >= 15 is 0 Å². The summed E-state index contributed by atoms with van der Waals surface area (Å²) in [6, 6.07) is 11.7. The molecule has 0 aliphatic carbocycles. The SMILES string of the molecule is COc1ccc([C@@H](Cc2ccc(F)c(F)c2)c2csc(N)[nH+]2)cc1. The molecule has 0 amide bonds. The number of nitrogens with one attached hydrogen (secondary N) is 1. The highest BCUT2D eigenvalue weighted by Gasteiger charge is 2.21. The van der Waals surface area contributed by atoms with Crippen LogP contribution in [0.25, 0.3) is 0 Å². The largest absolute Gasteiger partial charge is 0.497 e. The van der Waals surface area contributed by atoms with E-state index in [-0.39, 0.29) is 5.92 Å². The van der Waals surface area contributed by atoms with E-state index in [1.54, 1.807) is 13.2 Å². The first-order valence-electron chi connectivity index (χ1n) is 7.41. The minimum absolute atomic E-state index is 0.0469. The average Bonchev–Trinajstić information content (AvgIpc) is 3.02. The van der Waals surface area contributed by atoms with Gasteiger partial charge in [0.1, 0.15) is 11.4 Å². The Morgan fingerprint density at radius 2 is 1.88 bits per heavy atom. The molecule has 3 nitrogen and oxygen atoms in total. The highest BCUT2D eigenvalue weighted by molar-refractivity contribution is 7.13. The Balaban J connectivity index is 1.96. The van der Waals surface area contributed by atoms with Gasteiger partial charge in [-0.15, -0.1) is 0 Å². The van der Waals surface area contributed by atoms with Gasteiger partial charge in [-0.2, -0.15) is 0 Å². The molecule has 0 saturated carbocycles. The van der Waals surface area contributed by atoms with Crippen molar-refractivity contribution in [3.8, 4) is 5.75 Å². The average molecular weight is 347 g/mol. The van der Waals surface area contributed by atoms with Crippen molar-refractivity contribution >= 4 is 16.5 Å². The molecule has 1 heterocycles. The van der Waals surface area contributed by atoms with Gasteiger partial charge in [-0.25, -0.2) is 13.8 Å². The van der Waals surface area contributed by atoms with E-state index in [0.717, 1.165) is 23.1 Å². The third-order valence-corrected chi connectivity index (χ3v) is 4.63. The number of benzene rings is 2. The van der Waals surface area contributed by atoms with Crippen molar-refractivity contribution in [1.82, 2.24) is 0 Å². The van der Waals surface area contributed by atoms with Crippen LogP contribution in [0.5, 0.6) is 5.75 Å². The van der Waals surface area contributed by atoms with Gasteiger partial charge < -0.3 is 4.74 Å². The molecule has 0 fully saturated rings. The first-order chi connectivity index (χ1) is 11.6. The van der Waals surface area contributed by atoms with Crippen LogP contribution in [-0.4, -0.2) is 7.11 Å². The summed E-state index contributed by atoms with van der Waals surface area (Å²) in [5.41, 5.74) is 8.50. The van der Waals surface area contributed by atoms with Crippen molar-refractivity contribution in [3.63, 3.8) is 0 Å². The molecule has 1 atom stereocenters. The molecule has 124 valence electrons. The third kappa shape index (κ3) is 3.54.